The van der Waals surface area contributed by atoms with Crippen LogP contribution in [0.15, 0.2) is 49.2 Å². The number of aryl methyl sites for hydroxylation is 1. The SMILES string of the molecule is CC(C)OC(=O)N1C[C@H](C)N(c2ncnc3c2c(-c2ccccc2F)cn3-c2cnn(C)c2)C[C@H]1C. The standard InChI is InChI=1S/C26H30FN7O2/c1-16(2)36-26(35)33-12-17(3)32(11-18(33)4)24-23-21(20-8-6-7-9-22(20)27)14-34(25(23)29-15-28-24)19-10-30-31(5)13-19/h6-10,13-18H,11-12H2,1-5H3/t17-,18+/m0/s1. The Hall–Kier alpha value is -3.95. The van der Waals surface area contributed by atoms with Crippen LogP contribution in [0.25, 0.3) is 27.8 Å². The molecule has 5 rings (SSSR count). The number of carbonyl (C=O) groups is 1. The maximum atomic E-state index is 15.0. The van der Waals surface area contributed by atoms with Crippen molar-refractivity contribution in [2.75, 3.05) is 18.0 Å². The van der Waals surface area contributed by atoms with Gasteiger partial charge in [-0.2, -0.15) is 5.10 Å². The molecule has 1 aliphatic rings. The Morgan fingerprint density at radius 3 is 2.56 bits per heavy atom. The molecule has 9 nitrogen and oxygen atoms in total. The van der Waals surface area contributed by atoms with Gasteiger partial charge in [-0.05, 0) is 33.8 Å². The molecule has 36 heavy (non-hydrogen) atoms. The number of anilines is 1. The lowest BCUT2D eigenvalue weighted by Gasteiger charge is -2.44. The number of halogens is 1. The van der Waals surface area contributed by atoms with Gasteiger partial charge in [0.2, 0.25) is 0 Å². The van der Waals surface area contributed by atoms with E-state index in [2.05, 4.69) is 26.9 Å². The molecular weight excluding hydrogens is 461 g/mol. The van der Waals surface area contributed by atoms with Crippen LogP contribution in [0, 0.1) is 5.82 Å². The van der Waals surface area contributed by atoms with Crippen molar-refractivity contribution in [2.24, 2.45) is 7.05 Å². The van der Waals surface area contributed by atoms with Gasteiger partial charge >= 0.3 is 6.09 Å². The molecule has 0 aliphatic carbocycles. The molecule has 1 aliphatic heterocycles. The molecule has 0 unspecified atom stereocenters. The zero-order valence-corrected chi connectivity index (χ0v) is 21.1. The Balaban J connectivity index is 1.64. The molecule has 2 atom stereocenters. The Morgan fingerprint density at radius 2 is 1.86 bits per heavy atom. The zero-order valence-electron chi connectivity index (χ0n) is 21.1. The number of carbonyl (C=O) groups excluding carboxylic acids is 1. The first-order chi connectivity index (χ1) is 17.2. The summed E-state index contributed by atoms with van der Waals surface area (Å²) in [5.41, 5.74) is 2.65. The summed E-state index contributed by atoms with van der Waals surface area (Å²) in [4.78, 5) is 25.9. The molecule has 1 fully saturated rings. The Kier molecular flexibility index (Phi) is 6.11. The van der Waals surface area contributed by atoms with Gasteiger partial charge in [0.05, 0.1) is 23.4 Å². The summed E-state index contributed by atoms with van der Waals surface area (Å²) in [5.74, 6) is 0.386. The number of piperazine rings is 1. The molecule has 0 saturated carbocycles. The molecule has 1 amide bonds. The third-order valence-corrected chi connectivity index (χ3v) is 6.53. The quantitative estimate of drug-likeness (QED) is 0.421. The number of amides is 1. The van der Waals surface area contributed by atoms with Crippen LogP contribution in [0.3, 0.4) is 0 Å². The monoisotopic (exact) mass is 491 g/mol. The van der Waals surface area contributed by atoms with E-state index in [0.717, 1.165) is 11.1 Å². The fourth-order valence-electron chi connectivity index (χ4n) is 4.82. The van der Waals surface area contributed by atoms with Gasteiger partial charge in [-0.15, -0.1) is 0 Å². The topological polar surface area (TPSA) is 81.3 Å². The smallest absolute Gasteiger partial charge is 0.410 e. The second-order valence-corrected chi connectivity index (χ2v) is 9.60. The van der Waals surface area contributed by atoms with E-state index in [1.54, 1.807) is 27.9 Å². The van der Waals surface area contributed by atoms with Crippen molar-refractivity contribution in [3.05, 3.63) is 55.0 Å². The third-order valence-electron chi connectivity index (χ3n) is 6.53. The summed E-state index contributed by atoms with van der Waals surface area (Å²) in [6.07, 6.45) is 6.56. The predicted molar refractivity (Wildman–Crippen MR) is 136 cm³/mol. The number of ether oxygens (including phenoxy) is 1. The van der Waals surface area contributed by atoms with Gasteiger partial charge in [-0.1, -0.05) is 18.2 Å². The van der Waals surface area contributed by atoms with Gasteiger partial charge in [0.15, 0.2) is 5.65 Å². The predicted octanol–water partition coefficient (Wildman–Crippen LogP) is 4.40. The highest BCUT2D eigenvalue weighted by atomic mass is 19.1. The van der Waals surface area contributed by atoms with Crippen molar-refractivity contribution in [2.45, 2.75) is 45.9 Å². The van der Waals surface area contributed by atoms with Crippen LogP contribution in [-0.4, -0.2) is 66.6 Å². The second kappa shape index (κ2) is 9.25. The van der Waals surface area contributed by atoms with Crippen LogP contribution in [0.1, 0.15) is 27.7 Å². The minimum absolute atomic E-state index is 0.0470. The fourth-order valence-corrected chi connectivity index (χ4v) is 4.82. The minimum atomic E-state index is -0.319. The lowest BCUT2D eigenvalue weighted by atomic mass is 10.0. The van der Waals surface area contributed by atoms with E-state index >= 15 is 4.39 Å². The molecule has 0 spiro atoms. The maximum absolute atomic E-state index is 15.0. The van der Waals surface area contributed by atoms with Crippen molar-refractivity contribution in [3.8, 4) is 16.8 Å². The molecular formula is C26H30FN7O2. The third kappa shape index (κ3) is 4.16. The number of benzene rings is 1. The Labute approximate surface area is 209 Å². The van der Waals surface area contributed by atoms with Crippen LogP contribution in [0.5, 0.6) is 0 Å². The van der Waals surface area contributed by atoms with Crippen molar-refractivity contribution in [3.63, 3.8) is 0 Å². The number of hydrogen-bond acceptors (Lipinski definition) is 6. The largest absolute Gasteiger partial charge is 0.447 e. The first-order valence-electron chi connectivity index (χ1n) is 12.1. The molecule has 4 aromatic rings. The van der Waals surface area contributed by atoms with Gasteiger partial charge in [-0.25, -0.2) is 19.2 Å². The van der Waals surface area contributed by atoms with Gasteiger partial charge in [0.1, 0.15) is 18.0 Å². The second-order valence-electron chi connectivity index (χ2n) is 9.60. The number of rotatable bonds is 4. The maximum Gasteiger partial charge on any atom is 0.410 e. The summed E-state index contributed by atoms with van der Waals surface area (Å²) in [6.45, 7) is 8.77. The highest BCUT2D eigenvalue weighted by molar-refractivity contribution is 6.02. The highest BCUT2D eigenvalue weighted by Gasteiger charge is 2.35. The molecule has 188 valence electrons. The van der Waals surface area contributed by atoms with Gasteiger partial charge in [0.25, 0.3) is 0 Å². The molecule has 1 saturated heterocycles. The first kappa shape index (κ1) is 23.8. The Morgan fingerprint density at radius 1 is 1.08 bits per heavy atom. The van der Waals surface area contributed by atoms with Gasteiger partial charge in [0, 0.05) is 55.7 Å². The summed E-state index contributed by atoms with van der Waals surface area (Å²) in [7, 11) is 1.85. The van der Waals surface area contributed by atoms with E-state index in [-0.39, 0.29) is 30.1 Å². The summed E-state index contributed by atoms with van der Waals surface area (Å²) < 4.78 is 24.1. The van der Waals surface area contributed by atoms with E-state index in [1.807, 2.05) is 50.8 Å². The van der Waals surface area contributed by atoms with Crippen molar-refractivity contribution >= 4 is 22.9 Å². The number of fused-ring (bicyclic) bond motifs is 1. The molecule has 0 bridgehead atoms. The van der Waals surface area contributed by atoms with E-state index in [0.29, 0.717) is 35.7 Å². The number of aromatic nitrogens is 5. The lowest BCUT2D eigenvalue weighted by molar-refractivity contribution is 0.0578. The number of nitrogens with zero attached hydrogens (tertiary/aromatic N) is 7. The van der Waals surface area contributed by atoms with Crippen LogP contribution in [-0.2, 0) is 11.8 Å². The normalized spacial score (nSPS) is 18.3. The van der Waals surface area contributed by atoms with E-state index in [4.69, 9.17) is 4.74 Å². The first-order valence-corrected chi connectivity index (χ1v) is 12.1. The van der Waals surface area contributed by atoms with Crippen molar-refractivity contribution < 1.29 is 13.9 Å². The van der Waals surface area contributed by atoms with Crippen molar-refractivity contribution in [1.29, 1.82) is 0 Å². The molecule has 0 radical (unpaired) electrons. The van der Waals surface area contributed by atoms with E-state index < -0.39 is 0 Å². The molecule has 0 N–H and O–H groups in total. The van der Waals surface area contributed by atoms with Crippen molar-refractivity contribution in [1.82, 2.24) is 29.2 Å². The van der Waals surface area contributed by atoms with Crippen LogP contribution in [0.2, 0.25) is 0 Å². The molecule has 4 heterocycles. The fraction of sp³-hybridized carbons (Fsp3) is 0.385. The van der Waals surface area contributed by atoms with E-state index in [1.165, 1.54) is 12.4 Å². The Bertz CT molecular complexity index is 1410. The lowest BCUT2D eigenvalue weighted by Crippen LogP contribution is -2.58. The average Bonchev–Trinajstić information content (AvgIpc) is 3.43. The zero-order chi connectivity index (χ0) is 25.6. The van der Waals surface area contributed by atoms with Gasteiger partial charge in [-0.3, -0.25) is 9.25 Å². The molecule has 3 aromatic heterocycles. The summed E-state index contributed by atoms with van der Waals surface area (Å²) in [6, 6.07) is 6.56. The van der Waals surface area contributed by atoms with Crippen LogP contribution >= 0.6 is 0 Å². The molecule has 1 aromatic carbocycles. The average molecular weight is 492 g/mol. The number of hydrogen-bond donors (Lipinski definition) is 0. The molecule has 10 heteroatoms. The highest BCUT2D eigenvalue weighted by Crippen LogP contribution is 2.39. The van der Waals surface area contributed by atoms with Crippen LogP contribution < -0.4 is 4.90 Å². The summed E-state index contributed by atoms with van der Waals surface area (Å²) in [5, 5.41) is 5.05. The van der Waals surface area contributed by atoms with Gasteiger partial charge < -0.3 is 14.5 Å². The minimum Gasteiger partial charge on any atom is -0.447 e. The van der Waals surface area contributed by atoms with Crippen LogP contribution in [0.4, 0.5) is 15.0 Å². The summed E-state index contributed by atoms with van der Waals surface area (Å²) >= 11 is 0. The van der Waals surface area contributed by atoms with E-state index in [9.17, 15) is 4.79 Å².